The second kappa shape index (κ2) is 4.59. The van der Waals surface area contributed by atoms with Gasteiger partial charge in [-0.25, -0.2) is 9.78 Å². The zero-order valence-corrected chi connectivity index (χ0v) is 13.2. The minimum atomic E-state index is -0.560. The van der Waals surface area contributed by atoms with E-state index >= 15 is 0 Å². The molecule has 2 aromatic rings. The highest BCUT2D eigenvalue weighted by atomic mass is 35.5. The van der Waals surface area contributed by atoms with Crippen LogP contribution >= 0.6 is 11.6 Å². The van der Waals surface area contributed by atoms with Crippen molar-refractivity contribution < 1.29 is 9.53 Å². The summed E-state index contributed by atoms with van der Waals surface area (Å²) in [7, 11) is 0. The quantitative estimate of drug-likeness (QED) is 0.700. The van der Waals surface area contributed by atoms with Crippen molar-refractivity contribution in [1.82, 2.24) is 14.5 Å². The fourth-order valence-electron chi connectivity index (χ4n) is 2.49. The number of halogens is 1. The van der Waals surface area contributed by atoms with E-state index in [1.54, 1.807) is 0 Å². The zero-order chi connectivity index (χ0) is 15.4. The number of amides is 1. The SMILES string of the molecule is C[C@H]1CN(C(=O)OC(C)(C)C)c2nc(Cl)nc3ccn1c23. The van der Waals surface area contributed by atoms with Gasteiger partial charge < -0.3 is 9.30 Å². The fourth-order valence-corrected chi connectivity index (χ4v) is 2.66. The van der Waals surface area contributed by atoms with Crippen LogP contribution in [0.2, 0.25) is 5.28 Å². The Hall–Kier alpha value is -1.82. The van der Waals surface area contributed by atoms with Crippen molar-refractivity contribution in [2.45, 2.75) is 39.3 Å². The van der Waals surface area contributed by atoms with Gasteiger partial charge in [0.05, 0.1) is 12.1 Å². The third-order valence-corrected chi connectivity index (χ3v) is 3.48. The summed E-state index contributed by atoms with van der Waals surface area (Å²) < 4.78 is 7.52. The van der Waals surface area contributed by atoms with Crippen LogP contribution in [0.1, 0.15) is 33.7 Å². The number of carbonyl (C=O) groups excluding carboxylic acids is 1. The topological polar surface area (TPSA) is 60.3 Å². The van der Waals surface area contributed by atoms with E-state index in [0.717, 1.165) is 11.0 Å². The second-order valence-corrected chi connectivity index (χ2v) is 6.55. The minimum Gasteiger partial charge on any atom is -0.443 e. The molecule has 0 saturated carbocycles. The Labute approximate surface area is 127 Å². The predicted octanol–water partition coefficient (Wildman–Crippen LogP) is 3.40. The number of hydrogen-bond donors (Lipinski definition) is 0. The Morgan fingerprint density at radius 3 is 2.81 bits per heavy atom. The van der Waals surface area contributed by atoms with Crippen molar-refractivity contribution in [3.8, 4) is 0 Å². The molecule has 0 fully saturated rings. The van der Waals surface area contributed by atoms with E-state index in [-0.39, 0.29) is 11.3 Å². The molecule has 0 spiro atoms. The van der Waals surface area contributed by atoms with Gasteiger partial charge in [0.2, 0.25) is 5.28 Å². The van der Waals surface area contributed by atoms with E-state index < -0.39 is 11.7 Å². The van der Waals surface area contributed by atoms with E-state index in [9.17, 15) is 4.79 Å². The van der Waals surface area contributed by atoms with Crippen LogP contribution in [0.4, 0.5) is 10.6 Å². The molecule has 1 atom stereocenters. The van der Waals surface area contributed by atoms with Gasteiger partial charge in [-0.15, -0.1) is 0 Å². The average Bonchev–Trinajstić information content (AvgIpc) is 2.75. The maximum Gasteiger partial charge on any atom is 0.416 e. The maximum atomic E-state index is 12.4. The molecule has 0 aliphatic carbocycles. The molecule has 0 radical (unpaired) electrons. The molecule has 6 nitrogen and oxygen atoms in total. The fraction of sp³-hybridized carbons (Fsp3) is 0.500. The third-order valence-electron chi connectivity index (χ3n) is 3.31. The molecule has 3 rings (SSSR count). The molecule has 112 valence electrons. The van der Waals surface area contributed by atoms with Gasteiger partial charge in [0, 0.05) is 12.2 Å². The van der Waals surface area contributed by atoms with Crippen molar-refractivity contribution in [3.63, 3.8) is 0 Å². The first-order chi connectivity index (χ1) is 9.76. The molecule has 0 aromatic carbocycles. The van der Waals surface area contributed by atoms with Crippen LogP contribution in [-0.2, 0) is 4.74 Å². The van der Waals surface area contributed by atoms with Crippen molar-refractivity contribution >= 4 is 34.5 Å². The smallest absolute Gasteiger partial charge is 0.416 e. The van der Waals surface area contributed by atoms with E-state index in [1.807, 2.05) is 40.0 Å². The lowest BCUT2D eigenvalue weighted by molar-refractivity contribution is 0.0573. The van der Waals surface area contributed by atoms with Crippen LogP contribution in [0.15, 0.2) is 12.3 Å². The molecule has 3 heterocycles. The van der Waals surface area contributed by atoms with E-state index in [4.69, 9.17) is 16.3 Å². The van der Waals surface area contributed by atoms with Gasteiger partial charge in [-0.1, -0.05) is 0 Å². The molecule has 21 heavy (non-hydrogen) atoms. The Kier molecular flexibility index (Phi) is 3.09. The number of rotatable bonds is 0. The molecule has 0 saturated heterocycles. The van der Waals surface area contributed by atoms with Gasteiger partial charge in [0.1, 0.15) is 11.1 Å². The van der Waals surface area contributed by atoms with Gasteiger partial charge in [0.15, 0.2) is 5.82 Å². The van der Waals surface area contributed by atoms with Gasteiger partial charge in [-0.05, 0) is 45.4 Å². The monoisotopic (exact) mass is 308 g/mol. The lowest BCUT2D eigenvalue weighted by Gasteiger charge is -2.33. The Morgan fingerprint density at radius 2 is 2.14 bits per heavy atom. The van der Waals surface area contributed by atoms with Crippen LogP contribution in [0.25, 0.3) is 11.0 Å². The van der Waals surface area contributed by atoms with Crippen molar-refractivity contribution in [3.05, 3.63) is 17.5 Å². The molecule has 0 N–H and O–H groups in total. The molecule has 0 bridgehead atoms. The molecule has 7 heteroatoms. The number of hydrogen-bond acceptors (Lipinski definition) is 4. The van der Waals surface area contributed by atoms with Crippen LogP contribution in [0.3, 0.4) is 0 Å². The number of nitrogens with zero attached hydrogens (tertiary/aromatic N) is 4. The summed E-state index contributed by atoms with van der Waals surface area (Å²) in [5.41, 5.74) is 0.976. The molecule has 1 aliphatic rings. The molecule has 2 aromatic heterocycles. The molecule has 1 amide bonds. The van der Waals surface area contributed by atoms with Crippen molar-refractivity contribution in [1.29, 1.82) is 0 Å². The third kappa shape index (κ3) is 2.44. The standard InChI is InChI=1S/C14H17ClN4O2/c1-8-7-19(13(20)21-14(2,3)4)11-10-9(5-6-18(8)10)16-12(15)17-11/h5-6,8H,7H2,1-4H3/t8-/m0/s1. The highest BCUT2D eigenvalue weighted by Crippen LogP contribution is 2.34. The summed E-state index contributed by atoms with van der Waals surface area (Å²) >= 11 is 5.97. The van der Waals surface area contributed by atoms with Crippen LogP contribution in [0, 0.1) is 0 Å². The zero-order valence-electron chi connectivity index (χ0n) is 12.4. The minimum absolute atomic E-state index is 0.118. The summed E-state index contributed by atoms with van der Waals surface area (Å²) in [5, 5.41) is 0.123. The van der Waals surface area contributed by atoms with E-state index in [0.29, 0.717) is 12.4 Å². The van der Waals surface area contributed by atoms with Crippen molar-refractivity contribution in [2.24, 2.45) is 0 Å². The van der Waals surface area contributed by atoms with Gasteiger partial charge >= 0.3 is 6.09 Å². The number of carbonyl (C=O) groups is 1. The first kappa shape index (κ1) is 14.1. The molecular formula is C14H17ClN4O2. The average molecular weight is 309 g/mol. The van der Waals surface area contributed by atoms with Crippen LogP contribution < -0.4 is 4.90 Å². The lowest BCUT2D eigenvalue weighted by Crippen LogP contribution is -2.42. The summed E-state index contributed by atoms with van der Waals surface area (Å²) in [4.78, 5) is 22.4. The largest absolute Gasteiger partial charge is 0.443 e. The van der Waals surface area contributed by atoms with Crippen LogP contribution in [-0.4, -0.2) is 32.8 Å². The van der Waals surface area contributed by atoms with Gasteiger partial charge in [-0.2, -0.15) is 4.98 Å². The highest BCUT2D eigenvalue weighted by Gasteiger charge is 2.33. The number of aromatic nitrogens is 3. The highest BCUT2D eigenvalue weighted by molar-refractivity contribution is 6.29. The molecular weight excluding hydrogens is 292 g/mol. The van der Waals surface area contributed by atoms with Crippen molar-refractivity contribution in [2.75, 3.05) is 11.4 Å². The number of ether oxygens (including phenoxy) is 1. The Bertz CT molecular complexity index is 720. The second-order valence-electron chi connectivity index (χ2n) is 6.21. The lowest BCUT2D eigenvalue weighted by atomic mass is 10.2. The number of anilines is 1. The summed E-state index contributed by atoms with van der Waals surface area (Å²) in [6, 6.07) is 1.99. The maximum absolute atomic E-state index is 12.4. The van der Waals surface area contributed by atoms with E-state index in [1.165, 1.54) is 4.90 Å². The predicted molar refractivity (Wildman–Crippen MR) is 80.8 cm³/mol. The normalized spacial score (nSPS) is 18.1. The molecule has 0 unspecified atom stereocenters. The van der Waals surface area contributed by atoms with Gasteiger partial charge in [-0.3, -0.25) is 4.90 Å². The first-order valence-corrected chi connectivity index (χ1v) is 7.18. The summed E-state index contributed by atoms with van der Waals surface area (Å²) in [6.45, 7) is 8.03. The Morgan fingerprint density at radius 1 is 1.43 bits per heavy atom. The Balaban J connectivity index is 2.11. The first-order valence-electron chi connectivity index (χ1n) is 6.81. The summed E-state index contributed by atoms with van der Waals surface area (Å²) in [6.07, 6.45) is 1.52. The van der Waals surface area contributed by atoms with Crippen LogP contribution in [0.5, 0.6) is 0 Å². The van der Waals surface area contributed by atoms with Gasteiger partial charge in [0.25, 0.3) is 0 Å². The molecule has 1 aliphatic heterocycles. The van der Waals surface area contributed by atoms with E-state index in [2.05, 4.69) is 14.5 Å². The summed E-state index contributed by atoms with van der Waals surface area (Å²) in [5.74, 6) is 0.502.